The predicted molar refractivity (Wildman–Crippen MR) is 169 cm³/mol. The highest BCUT2D eigenvalue weighted by molar-refractivity contribution is 9.09. The van der Waals surface area contributed by atoms with E-state index in [-0.39, 0.29) is 0 Å². The van der Waals surface area contributed by atoms with Crippen molar-refractivity contribution in [2.75, 3.05) is 5.33 Å². The van der Waals surface area contributed by atoms with Crippen molar-refractivity contribution < 1.29 is 0 Å². The van der Waals surface area contributed by atoms with E-state index >= 15 is 0 Å². The van der Waals surface area contributed by atoms with E-state index in [0.29, 0.717) is 0 Å². The van der Waals surface area contributed by atoms with E-state index in [1.54, 1.807) is 24.2 Å². The Balaban J connectivity index is 5.33. The molecule has 188 valence electrons. The zero-order valence-corrected chi connectivity index (χ0v) is 28.4. The van der Waals surface area contributed by atoms with Crippen molar-refractivity contribution in [2.45, 2.75) is 125 Å². The van der Waals surface area contributed by atoms with Gasteiger partial charge in [0.2, 0.25) is 0 Å². The van der Waals surface area contributed by atoms with Crippen molar-refractivity contribution in [3.8, 4) is 0 Å². The molecular formula is C27H57BrSi4. The lowest BCUT2D eigenvalue weighted by Crippen LogP contribution is -2.37. The van der Waals surface area contributed by atoms with Crippen LogP contribution in [0.25, 0.3) is 0 Å². The lowest BCUT2D eigenvalue weighted by atomic mass is 10.5. The molecule has 0 spiro atoms. The van der Waals surface area contributed by atoms with Crippen LogP contribution in [0.2, 0.25) is 99.7 Å². The van der Waals surface area contributed by atoms with Crippen LogP contribution in [0, 0.1) is 0 Å². The number of rotatable bonds is 21. The van der Waals surface area contributed by atoms with E-state index < -0.39 is 32.3 Å². The van der Waals surface area contributed by atoms with Crippen molar-refractivity contribution in [3.05, 3.63) is 38.0 Å². The van der Waals surface area contributed by atoms with E-state index in [1.165, 1.54) is 67.3 Å². The standard InChI is InChI=1S/C27H57BrSi4/c1-10-18-29(4,5)21-14-25-32(24-13-17-28,26-15-22-30(6,7)19-11-2)27-16-23-31(8,9)20-12-3/h10-12H,1-3,13-27H2,4-9H3. The summed E-state index contributed by atoms with van der Waals surface area (Å²) in [6.07, 6.45) is 12.4. The van der Waals surface area contributed by atoms with Gasteiger partial charge in [-0.15, -0.1) is 19.7 Å². The zero-order chi connectivity index (χ0) is 24.7. The van der Waals surface area contributed by atoms with Gasteiger partial charge in [0, 0.05) is 5.33 Å². The van der Waals surface area contributed by atoms with Crippen LogP contribution in [0.5, 0.6) is 0 Å². The largest absolute Gasteiger partial charge is 0.103 e. The smallest absolute Gasteiger partial charge is 0.0535 e. The first kappa shape index (κ1) is 32.6. The summed E-state index contributed by atoms with van der Waals surface area (Å²) in [5, 5.41) is 1.19. The second-order valence-corrected chi connectivity index (χ2v) is 34.3. The molecule has 0 bridgehead atoms. The number of hydrogen-bond acceptors (Lipinski definition) is 0. The Labute approximate surface area is 216 Å². The summed E-state index contributed by atoms with van der Waals surface area (Å²) in [5.41, 5.74) is 0. The molecule has 0 N–H and O–H groups in total. The molecule has 0 aliphatic heterocycles. The molecule has 0 aliphatic carbocycles. The van der Waals surface area contributed by atoms with Gasteiger partial charge in [0.05, 0.1) is 32.3 Å². The first-order valence-electron chi connectivity index (χ1n) is 13.3. The monoisotopic (exact) mass is 572 g/mol. The molecular weight excluding hydrogens is 517 g/mol. The molecule has 0 aromatic rings. The molecule has 0 aromatic carbocycles. The highest BCUT2D eigenvalue weighted by Crippen LogP contribution is 2.37. The maximum atomic E-state index is 4.03. The summed E-state index contributed by atoms with van der Waals surface area (Å²) in [6.45, 7) is 27.5. The number of halogens is 1. The third-order valence-corrected chi connectivity index (χ3v) is 23.1. The Kier molecular flexibility index (Phi) is 16.6. The highest BCUT2D eigenvalue weighted by Gasteiger charge is 2.33. The van der Waals surface area contributed by atoms with Crippen molar-refractivity contribution >= 4 is 48.2 Å². The average Bonchev–Trinajstić information content (AvgIpc) is 2.65. The first-order valence-corrected chi connectivity index (χ1v) is 27.4. The van der Waals surface area contributed by atoms with Gasteiger partial charge in [-0.05, 0) is 24.6 Å². The van der Waals surface area contributed by atoms with Gasteiger partial charge in [0.15, 0.2) is 0 Å². The Morgan fingerprint density at radius 3 is 1.03 bits per heavy atom. The molecule has 0 saturated heterocycles. The third-order valence-electron chi connectivity index (χ3n) is 7.61. The van der Waals surface area contributed by atoms with Gasteiger partial charge in [0.25, 0.3) is 0 Å². The Bertz CT molecular complexity index is 470. The van der Waals surface area contributed by atoms with Crippen molar-refractivity contribution in [3.63, 3.8) is 0 Å². The van der Waals surface area contributed by atoms with Gasteiger partial charge in [0.1, 0.15) is 0 Å². The summed E-state index contributed by atoms with van der Waals surface area (Å²) in [5.74, 6) is 0. The van der Waals surface area contributed by atoms with Gasteiger partial charge in [-0.25, -0.2) is 0 Å². The molecule has 0 nitrogen and oxygen atoms in total. The minimum Gasteiger partial charge on any atom is -0.103 e. The van der Waals surface area contributed by atoms with Crippen molar-refractivity contribution in [2.24, 2.45) is 0 Å². The molecule has 0 saturated carbocycles. The highest BCUT2D eigenvalue weighted by atomic mass is 79.9. The molecule has 0 unspecified atom stereocenters. The molecule has 0 aliphatic rings. The minimum atomic E-state index is -1.23. The number of allylic oxidation sites excluding steroid dienone is 3. The predicted octanol–water partition coefficient (Wildman–Crippen LogP) is 11.1. The lowest BCUT2D eigenvalue weighted by Gasteiger charge is -2.35. The molecule has 0 fully saturated rings. The Morgan fingerprint density at radius 1 is 0.500 bits per heavy atom. The SMILES string of the molecule is C=CC[Si](C)(C)CCC[Si](CCCBr)(CCC[Si](C)(C)CC=C)CCC[Si](C)(C)CC=C. The Hall–Kier alpha value is 0.568. The normalized spacial score (nSPS) is 13.2. The number of alkyl halides is 1. The zero-order valence-electron chi connectivity index (χ0n) is 22.8. The fourth-order valence-electron chi connectivity index (χ4n) is 5.50. The van der Waals surface area contributed by atoms with Crippen LogP contribution in [0.3, 0.4) is 0 Å². The summed E-state index contributed by atoms with van der Waals surface area (Å²) >= 11 is 3.77. The quantitative estimate of drug-likeness (QED) is 0.0727. The lowest BCUT2D eigenvalue weighted by molar-refractivity contribution is 0.868. The first-order chi connectivity index (χ1) is 14.9. The topological polar surface area (TPSA) is 0 Å². The van der Waals surface area contributed by atoms with E-state index in [9.17, 15) is 0 Å². The van der Waals surface area contributed by atoms with Gasteiger partial charge in [-0.1, -0.05) is 135 Å². The molecule has 5 heteroatoms. The maximum absolute atomic E-state index is 4.03. The van der Waals surface area contributed by atoms with Gasteiger partial charge < -0.3 is 0 Å². The molecule has 0 amide bonds. The van der Waals surface area contributed by atoms with Crippen LogP contribution in [-0.4, -0.2) is 37.6 Å². The van der Waals surface area contributed by atoms with E-state index in [0.717, 1.165) is 0 Å². The van der Waals surface area contributed by atoms with Gasteiger partial charge in [-0.2, -0.15) is 0 Å². The summed E-state index contributed by atoms with van der Waals surface area (Å²) in [4.78, 5) is 0. The van der Waals surface area contributed by atoms with E-state index in [1.807, 2.05) is 0 Å². The van der Waals surface area contributed by atoms with Gasteiger partial charge >= 0.3 is 0 Å². The summed E-state index contributed by atoms with van der Waals surface area (Å²) in [6, 6.07) is 14.6. The molecule has 0 aromatic heterocycles. The van der Waals surface area contributed by atoms with Crippen LogP contribution < -0.4 is 0 Å². The molecule has 0 rings (SSSR count). The second-order valence-electron chi connectivity index (χ2n) is 12.8. The minimum absolute atomic E-state index is 1.09. The maximum Gasteiger partial charge on any atom is 0.0535 e. The average molecular weight is 574 g/mol. The summed E-state index contributed by atoms with van der Waals surface area (Å²) < 4.78 is 0. The fraction of sp³-hybridized carbons (Fsp3) is 0.778. The van der Waals surface area contributed by atoms with E-state index in [4.69, 9.17) is 0 Å². The van der Waals surface area contributed by atoms with Crippen LogP contribution in [0.1, 0.15) is 25.7 Å². The van der Waals surface area contributed by atoms with Crippen molar-refractivity contribution in [1.29, 1.82) is 0 Å². The van der Waals surface area contributed by atoms with Crippen LogP contribution >= 0.6 is 15.9 Å². The van der Waals surface area contributed by atoms with Crippen molar-refractivity contribution in [1.82, 2.24) is 0 Å². The van der Waals surface area contributed by atoms with Crippen LogP contribution in [0.4, 0.5) is 0 Å². The molecule has 0 atom stereocenters. The molecule has 0 radical (unpaired) electrons. The Morgan fingerprint density at radius 2 is 0.781 bits per heavy atom. The third kappa shape index (κ3) is 15.5. The van der Waals surface area contributed by atoms with E-state index in [2.05, 4.69) is 93.2 Å². The van der Waals surface area contributed by atoms with Gasteiger partial charge in [-0.3, -0.25) is 0 Å². The molecule has 0 heterocycles. The fourth-order valence-corrected chi connectivity index (χ4v) is 18.9. The number of hydrogen-bond donors (Lipinski definition) is 0. The second kappa shape index (κ2) is 16.3. The van der Waals surface area contributed by atoms with Crippen LogP contribution in [0.15, 0.2) is 38.0 Å². The summed E-state index contributed by atoms with van der Waals surface area (Å²) in [7, 11) is -4.50. The molecule has 32 heavy (non-hydrogen) atoms. The van der Waals surface area contributed by atoms with Crippen LogP contribution in [-0.2, 0) is 0 Å².